The first kappa shape index (κ1) is 26.2. The first-order valence-corrected chi connectivity index (χ1v) is 11.2. The van der Waals surface area contributed by atoms with Gasteiger partial charge in [0, 0.05) is 6.07 Å². The Morgan fingerprint density at radius 2 is 1.00 bits per heavy atom. The molecule has 0 aromatic heterocycles. The summed E-state index contributed by atoms with van der Waals surface area (Å²) in [7, 11) is 0. The molecule has 0 saturated heterocycles. The zero-order chi connectivity index (χ0) is 27.9. The lowest BCUT2D eigenvalue weighted by atomic mass is 10.1. The van der Waals surface area contributed by atoms with Gasteiger partial charge < -0.3 is 19.3 Å². The van der Waals surface area contributed by atoms with E-state index in [4.69, 9.17) is 14.2 Å². The van der Waals surface area contributed by atoms with Gasteiger partial charge in [-0.2, -0.15) is 0 Å². The molecule has 0 spiro atoms. The summed E-state index contributed by atoms with van der Waals surface area (Å²) in [5.74, 6) is -7.55. The molecule has 0 aliphatic carbocycles. The van der Waals surface area contributed by atoms with Crippen LogP contribution in [-0.4, -0.2) is 33.9 Å². The summed E-state index contributed by atoms with van der Waals surface area (Å²) in [6.07, 6.45) is 0. The summed E-state index contributed by atoms with van der Waals surface area (Å²) in [6.45, 7) is 0. The van der Waals surface area contributed by atoms with E-state index in [1.807, 2.05) is 0 Å². The number of nitrogens with zero attached hydrogens (tertiary/aromatic N) is 1. The van der Waals surface area contributed by atoms with E-state index in [1.165, 1.54) is 60.7 Å². The summed E-state index contributed by atoms with van der Waals surface area (Å²) in [6, 6.07) is 22.9. The molecule has 4 aromatic carbocycles. The van der Waals surface area contributed by atoms with Gasteiger partial charge in [-0.15, -0.1) is 0 Å². The Morgan fingerprint density at radius 3 is 1.38 bits per heavy atom. The molecule has 0 aliphatic rings. The van der Waals surface area contributed by atoms with Crippen LogP contribution in [0, 0.1) is 10.1 Å². The van der Waals surface area contributed by atoms with Gasteiger partial charge in [0.15, 0.2) is 5.75 Å². The van der Waals surface area contributed by atoms with Gasteiger partial charge in [0.1, 0.15) is 5.56 Å². The fourth-order valence-corrected chi connectivity index (χ4v) is 3.40. The molecule has 0 fully saturated rings. The van der Waals surface area contributed by atoms with Crippen molar-refractivity contribution in [1.29, 1.82) is 0 Å². The summed E-state index contributed by atoms with van der Waals surface area (Å²) < 4.78 is 16.0. The third-order valence-electron chi connectivity index (χ3n) is 5.21. The summed E-state index contributed by atoms with van der Waals surface area (Å²) in [4.78, 5) is 61.6. The number of ether oxygens (including phenoxy) is 3. The normalized spacial score (nSPS) is 10.3. The largest absolute Gasteiger partial charge is 0.477 e. The van der Waals surface area contributed by atoms with Crippen LogP contribution in [0.1, 0.15) is 41.4 Å². The fourth-order valence-electron chi connectivity index (χ4n) is 3.40. The number of nitro benzene ring substituents is 1. The van der Waals surface area contributed by atoms with Crippen LogP contribution in [0.4, 0.5) is 5.69 Å². The van der Waals surface area contributed by atoms with Crippen molar-refractivity contribution in [3.05, 3.63) is 129 Å². The second-order valence-corrected chi connectivity index (χ2v) is 7.76. The number of rotatable bonds is 8. The number of hydrogen-bond acceptors (Lipinski definition) is 9. The number of benzene rings is 4. The van der Waals surface area contributed by atoms with Gasteiger partial charge in [0.05, 0.1) is 21.6 Å². The summed E-state index contributed by atoms with van der Waals surface area (Å²) in [5.41, 5.74) is -2.18. The molecule has 0 saturated carbocycles. The number of hydrogen-bond donors (Lipinski definition) is 1. The predicted octanol–water partition coefficient (Wildman–Crippen LogP) is 4.95. The first-order valence-electron chi connectivity index (χ1n) is 11.2. The Labute approximate surface area is 219 Å². The number of carboxylic acid groups (broad SMARTS) is 1. The van der Waals surface area contributed by atoms with Crippen molar-refractivity contribution < 1.29 is 43.4 Å². The Balaban J connectivity index is 1.92. The van der Waals surface area contributed by atoms with Gasteiger partial charge in [-0.3, -0.25) is 10.1 Å². The molecule has 0 aliphatic heterocycles. The highest BCUT2D eigenvalue weighted by Gasteiger charge is 2.36. The molecule has 0 heterocycles. The molecule has 39 heavy (non-hydrogen) atoms. The number of aromatic carboxylic acids is 1. The smallest absolute Gasteiger partial charge is 0.343 e. The molecule has 11 heteroatoms. The predicted molar refractivity (Wildman–Crippen MR) is 134 cm³/mol. The molecule has 11 nitrogen and oxygen atoms in total. The number of nitro groups is 1. The van der Waals surface area contributed by atoms with E-state index in [9.17, 15) is 34.4 Å². The molecule has 0 bridgehead atoms. The maximum absolute atomic E-state index is 12.9. The second kappa shape index (κ2) is 11.5. The molecular formula is C28H17NO10. The number of carboxylic acids is 1. The highest BCUT2D eigenvalue weighted by Crippen LogP contribution is 2.47. The van der Waals surface area contributed by atoms with E-state index in [-0.39, 0.29) is 16.7 Å². The van der Waals surface area contributed by atoms with Gasteiger partial charge in [0.2, 0.25) is 5.75 Å². The lowest BCUT2D eigenvalue weighted by Crippen LogP contribution is -2.18. The molecule has 4 rings (SSSR count). The van der Waals surface area contributed by atoms with Gasteiger partial charge in [-0.25, -0.2) is 19.2 Å². The third-order valence-corrected chi connectivity index (χ3v) is 5.21. The minimum Gasteiger partial charge on any atom is -0.477 e. The molecule has 1 N–H and O–H groups in total. The Hall–Kier alpha value is -5.84. The second-order valence-electron chi connectivity index (χ2n) is 7.76. The lowest BCUT2D eigenvalue weighted by molar-refractivity contribution is -0.386. The van der Waals surface area contributed by atoms with E-state index >= 15 is 0 Å². The summed E-state index contributed by atoms with van der Waals surface area (Å²) >= 11 is 0. The van der Waals surface area contributed by atoms with Crippen molar-refractivity contribution >= 4 is 29.6 Å². The highest BCUT2D eigenvalue weighted by molar-refractivity contribution is 6.00. The van der Waals surface area contributed by atoms with Crippen LogP contribution in [0.5, 0.6) is 17.2 Å². The minimum atomic E-state index is -1.79. The monoisotopic (exact) mass is 527 g/mol. The third kappa shape index (κ3) is 5.94. The highest BCUT2D eigenvalue weighted by atomic mass is 16.6. The fraction of sp³-hybridized carbons (Fsp3) is 0. The van der Waals surface area contributed by atoms with Gasteiger partial charge in [-0.1, -0.05) is 54.6 Å². The van der Waals surface area contributed by atoms with Crippen LogP contribution in [0.2, 0.25) is 0 Å². The maximum atomic E-state index is 12.9. The van der Waals surface area contributed by atoms with E-state index in [0.29, 0.717) is 6.07 Å². The van der Waals surface area contributed by atoms with E-state index in [2.05, 4.69) is 0 Å². The lowest BCUT2D eigenvalue weighted by Gasteiger charge is -2.16. The molecule has 0 radical (unpaired) electrons. The SMILES string of the molecule is O=C(Oc1cc(C(=O)O)c([N+](=O)[O-])c(OC(=O)c2ccccc2)c1OC(=O)c1ccccc1)c1ccccc1. The van der Waals surface area contributed by atoms with Gasteiger partial charge >= 0.3 is 29.6 Å². The van der Waals surface area contributed by atoms with Crippen molar-refractivity contribution in [2.75, 3.05) is 0 Å². The molecular weight excluding hydrogens is 510 g/mol. The average molecular weight is 527 g/mol. The van der Waals surface area contributed by atoms with Crippen LogP contribution in [0.3, 0.4) is 0 Å². The number of esters is 3. The van der Waals surface area contributed by atoms with E-state index in [0.717, 1.165) is 0 Å². The van der Waals surface area contributed by atoms with Crippen LogP contribution < -0.4 is 14.2 Å². The zero-order valence-electron chi connectivity index (χ0n) is 19.8. The standard InChI is InChI=1S/C28H17NO10/c30-25(31)20-16-21(37-26(32)17-10-4-1-5-11-17)23(38-27(33)18-12-6-2-7-13-18)24(22(20)29(35)36)39-28(34)19-14-8-3-9-15-19/h1-16H,(H,30,31). The molecule has 4 aromatic rings. The van der Waals surface area contributed by atoms with Crippen molar-refractivity contribution in [2.24, 2.45) is 0 Å². The quantitative estimate of drug-likeness (QED) is 0.144. The van der Waals surface area contributed by atoms with Crippen LogP contribution in [0.15, 0.2) is 97.1 Å². The zero-order valence-corrected chi connectivity index (χ0v) is 19.8. The average Bonchev–Trinajstić information content (AvgIpc) is 2.95. The Bertz CT molecular complexity index is 1570. The molecule has 0 amide bonds. The molecule has 0 atom stereocenters. The van der Waals surface area contributed by atoms with Crippen molar-refractivity contribution in [1.82, 2.24) is 0 Å². The molecule has 0 unspecified atom stereocenters. The van der Waals surface area contributed by atoms with Crippen LogP contribution in [0.25, 0.3) is 0 Å². The first-order chi connectivity index (χ1) is 18.8. The van der Waals surface area contributed by atoms with Crippen molar-refractivity contribution in [3.8, 4) is 17.2 Å². The molecule has 194 valence electrons. The maximum Gasteiger partial charge on any atom is 0.343 e. The minimum absolute atomic E-state index is 0.00290. The van der Waals surface area contributed by atoms with Crippen molar-refractivity contribution in [2.45, 2.75) is 0 Å². The summed E-state index contributed by atoms with van der Waals surface area (Å²) in [5, 5.41) is 21.8. The van der Waals surface area contributed by atoms with Crippen LogP contribution in [-0.2, 0) is 0 Å². The van der Waals surface area contributed by atoms with E-state index < -0.39 is 57.3 Å². The number of carbonyl (C=O) groups excluding carboxylic acids is 3. The van der Waals surface area contributed by atoms with Crippen LogP contribution >= 0.6 is 0 Å². The Kier molecular flexibility index (Phi) is 7.72. The topological polar surface area (TPSA) is 159 Å². The van der Waals surface area contributed by atoms with E-state index in [1.54, 1.807) is 30.3 Å². The van der Waals surface area contributed by atoms with Gasteiger partial charge in [0.25, 0.3) is 5.75 Å². The van der Waals surface area contributed by atoms with Crippen molar-refractivity contribution in [3.63, 3.8) is 0 Å². The van der Waals surface area contributed by atoms with Gasteiger partial charge in [-0.05, 0) is 36.4 Å². The number of carbonyl (C=O) groups is 4. The Morgan fingerprint density at radius 1 is 0.615 bits per heavy atom.